The summed E-state index contributed by atoms with van der Waals surface area (Å²) in [6.07, 6.45) is 0.967. The van der Waals surface area contributed by atoms with Gasteiger partial charge >= 0.3 is 0 Å². The fourth-order valence-electron chi connectivity index (χ4n) is 4.37. The van der Waals surface area contributed by atoms with Gasteiger partial charge in [0.2, 0.25) is 0 Å². The maximum Gasteiger partial charge on any atom is 0.263 e. The molecule has 154 valence electrons. The minimum Gasteiger partial charge on any atom is -0.383 e. The highest BCUT2D eigenvalue weighted by Crippen LogP contribution is 2.36. The van der Waals surface area contributed by atoms with E-state index < -0.39 is 0 Å². The second-order valence-corrected chi connectivity index (χ2v) is 8.74. The van der Waals surface area contributed by atoms with Gasteiger partial charge in [-0.3, -0.25) is 14.4 Å². The molecule has 0 N–H and O–H groups in total. The Balaban J connectivity index is 1.58. The molecule has 0 radical (unpaired) electrons. The smallest absolute Gasteiger partial charge is 0.263 e. The van der Waals surface area contributed by atoms with Crippen LogP contribution in [0, 0.1) is 5.92 Å². The van der Waals surface area contributed by atoms with E-state index in [0.717, 1.165) is 17.0 Å². The van der Waals surface area contributed by atoms with E-state index in [0.29, 0.717) is 32.8 Å². The van der Waals surface area contributed by atoms with E-state index >= 15 is 0 Å². The van der Waals surface area contributed by atoms with Crippen molar-refractivity contribution in [2.75, 3.05) is 40.4 Å². The normalized spacial score (nSPS) is 20.3. The summed E-state index contributed by atoms with van der Waals surface area (Å²) < 4.78 is 6.77. The van der Waals surface area contributed by atoms with Gasteiger partial charge in [0.1, 0.15) is 5.56 Å². The predicted octanol–water partition coefficient (Wildman–Crippen LogP) is 1.89. The van der Waals surface area contributed by atoms with Crippen molar-refractivity contribution >= 4 is 23.2 Å². The number of likely N-dealkylation sites (tertiary alicyclic amines) is 1. The molecule has 2 aliphatic heterocycles. The minimum atomic E-state index is -0.285. The molecule has 2 bridgehead atoms. The van der Waals surface area contributed by atoms with Gasteiger partial charge in [-0.25, -0.2) is 0 Å². The van der Waals surface area contributed by atoms with Crippen molar-refractivity contribution in [3.05, 3.63) is 56.1 Å². The van der Waals surface area contributed by atoms with Crippen LogP contribution in [0.1, 0.15) is 38.1 Å². The topological polar surface area (TPSA) is 71.8 Å². The van der Waals surface area contributed by atoms with Crippen LogP contribution in [0.2, 0.25) is 0 Å². The van der Waals surface area contributed by atoms with Crippen molar-refractivity contribution in [3.63, 3.8) is 0 Å². The van der Waals surface area contributed by atoms with Crippen molar-refractivity contribution < 1.29 is 14.3 Å². The number of fused-ring (bicyclic) bond motifs is 4. The first-order valence-electron chi connectivity index (χ1n) is 9.80. The molecule has 2 aromatic heterocycles. The van der Waals surface area contributed by atoms with Crippen LogP contribution >= 0.6 is 11.3 Å². The van der Waals surface area contributed by atoms with Crippen LogP contribution in [0.25, 0.3) is 0 Å². The Morgan fingerprint density at radius 1 is 1.24 bits per heavy atom. The number of pyridine rings is 1. The van der Waals surface area contributed by atoms with E-state index in [1.807, 2.05) is 28.5 Å². The first kappa shape index (κ1) is 19.8. The third kappa shape index (κ3) is 3.74. The first-order valence-corrected chi connectivity index (χ1v) is 10.7. The SMILES string of the molecule is COCCN(C)C(=O)c1ccc2n(c1=O)C[C@H]1C[C@@H]2CN(C(=O)c2cccs2)C1. The lowest BCUT2D eigenvalue weighted by molar-refractivity contribution is 0.0599. The molecule has 8 heteroatoms. The molecule has 1 saturated heterocycles. The molecule has 0 spiro atoms. The van der Waals surface area contributed by atoms with Crippen molar-refractivity contribution in [3.8, 4) is 0 Å². The molecule has 29 heavy (non-hydrogen) atoms. The van der Waals surface area contributed by atoms with Crippen molar-refractivity contribution in [1.82, 2.24) is 14.4 Å². The zero-order valence-corrected chi connectivity index (χ0v) is 17.5. The zero-order valence-electron chi connectivity index (χ0n) is 16.7. The van der Waals surface area contributed by atoms with Gasteiger partial charge in [-0.1, -0.05) is 6.07 Å². The molecule has 4 rings (SSSR count). The lowest BCUT2D eigenvalue weighted by atomic mass is 9.83. The number of amides is 2. The standard InChI is InChI=1S/C21H25N3O4S/c1-22(7-8-28-2)19(25)16-5-6-17-15-10-14(12-24(17)20(16)26)11-23(13-15)21(27)18-4-3-9-29-18/h3-6,9,14-15H,7-8,10-13H2,1-2H3/t14-,15+/m0/s1. The number of likely N-dealkylation sites (N-methyl/N-ethyl adjacent to an activating group) is 1. The van der Waals surface area contributed by atoms with E-state index in [1.54, 1.807) is 24.8 Å². The Morgan fingerprint density at radius 3 is 2.79 bits per heavy atom. The lowest BCUT2D eigenvalue weighted by Crippen LogP contribution is -2.49. The van der Waals surface area contributed by atoms with Crippen LogP contribution in [0.15, 0.2) is 34.4 Å². The molecule has 2 atom stereocenters. The first-order chi connectivity index (χ1) is 14.0. The number of ether oxygens (including phenoxy) is 1. The third-order valence-corrected chi connectivity index (χ3v) is 6.69. The molecule has 0 aliphatic carbocycles. The summed E-state index contributed by atoms with van der Waals surface area (Å²) >= 11 is 1.46. The number of thiophene rings is 1. The van der Waals surface area contributed by atoms with Gasteiger partial charge in [-0.2, -0.15) is 0 Å². The fourth-order valence-corrected chi connectivity index (χ4v) is 5.06. The molecule has 4 heterocycles. The van der Waals surface area contributed by atoms with Crippen LogP contribution < -0.4 is 5.56 Å². The van der Waals surface area contributed by atoms with Gasteiger partial charge < -0.3 is 19.1 Å². The van der Waals surface area contributed by atoms with Crippen molar-refractivity contribution in [2.45, 2.75) is 18.9 Å². The number of hydrogen-bond donors (Lipinski definition) is 0. The van der Waals surface area contributed by atoms with Crippen LogP contribution in [0.4, 0.5) is 0 Å². The molecule has 0 saturated carbocycles. The number of carbonyl (C=O) groups excluding carboxylic acids is 2. The predicted molar refractivity (Wildman–Crippen MR) is 111 cm³/mol. The Labute approximate surface area is 173 Å². The van der Waals surface area contributed by atoms with Gasteiger partial charge in [0.25, 0.3) is 17.4 Å². The molecule has 2 aliphatic rings. The molecule has 0 unspecified atom stereocenters. The van der Waals surface area contributed by atoms with E-state index in [4.69, 9.17) is 4.74 Å². The van der Waals surface area contributed by atoms with E-state index in [2.05, 4.69) is 0 Å². The van der Waals surface area contributed by atoms with Gasteiger partial charge in [0.15, 0.2) is 0 Å². The van der Waals surface area contributed by atoms with Crippen LogP contribution in [-0.4, -0.2) is 66.6 Å². The highest BCUT2D eigenvalue weighted by atomic mass is 32.1. The largest absolute Gasteiger partial charge is 0.383 e. The Kier molecular flexibility index (Phi) is 5.56. The molecular formula is C21H25N3O4S. The number of carbonyl (C=O) groups is 2. The van der Waals surface area contributed by atoms with E-state index in [-0.39, 0.29) is 34.8 Å². The van der Waals surface area contributed by atoms with Gasteiger partial charge in [-0.15, -0.1) is 11.3 Å². The molecular weight excluding hydrogens is 390 g/mol. The second-order valence-electron chi connectivity index (χ2n) is 7.79. The average molecular weight is 416 g/mol. The number of hydrogen-bond acceptors (Lipinski definition) is 5. The van der Waals surface area contributed by atoms with Gasteiger partial charge in [0.05, 0.1) is 11.5 Å². The molecule has 2 amide bonds. The molecule has 1 fully saturated rings. The Morgan fingerprint density at radius 2 is 2.07 bits per heavy atom. The number of rotatable bonds is 5. The van der Waals surface area contributed by atoms with E-state index in [1.165, 1.54) is 16.2 Å². The van der Waals surface area contributed by atoms with Crippen LogP contribution in [-0.2, 0) is 11.3 Å². The maximum atomic E-state index is 13.1. The number of methoxy groups -OCH3 is 1. The van der Waals surface area contributed by atoms with Gasteiger partial charge in [0, 0.05) is 51.9 Å². The highest BCUT2D eigenvalue weighted by Gasteiger charge is 2.37. The quantitative estimate of drug-likeness (QED) is 0.748. The number of nitrogens with zero attached hydrogens (tertiary/aromatic N) is 3. The Hall–Kier alpha value is -2.45. The lowest BCUT2D eigenvalue weighted by Gasteiger charge is -2.42. The molecule has 0 aromatic carbocycles. The second kappa shape index (κ2) is 8.12. The van der Waals surface area contributed by atoms with Crippen LogP contribution in [0.5, 0.6) is 0 Å². The molecule has 7 nitrogen and oxygen atoms in total. The molecule has 2 aromatic rings. The number of aromatic nitrogens is 1. The average Bonchev–Trinajstić information content (AvgIpc) is 3.26. The highest BCUT2D eigenvalue weighted by molar-refractivity contribution is 7.12. The van der Waals surface area contributed by atoms with Crippen molar-refractivity contribution in [1.29, 1.82) is 0 Å². The van der Waals surface area contributed by atoms with Gasteiger partial charge in [-0.05, 0) is 35.9 Å². The summed E-state index contributed by atoms with van der Waals surface area (Å²) in [4.78, 5) is 42.7. The minimum absolute atomic E-state index is 0.0667. The summed E-state index contributed by atoms with van der Waals surface area (Å²) in [5.41, 5.74) is 0.884. The fraction of sp³-hybridized carbons (Fsp3) is 0.476. The maximum absolute atomic E-state index is 13.1. The summed E-state index contributed by atoms with van der Waals surface area (Å²) in [5, 5.41) is 1.91. The summed E-state index contributed by atoms with van der Waals surface area (Å²) in [6, 6.07) is 7.27. The third-order valence-electron chi connectivity index (χ3n) is 5.83. The summed E-state index contributed by atoms with van der Waals surface area (Å²) in [5.74, 6) is 0.124. The summed E-state index contributed by atoms with van der Waals surface area (Å²) in [6.45, 7) is 2.65. The Bertz CT molecular complexity index is 969. The zero-order chi connectivity index (χ0) is 20.5. The summed E-state index contributed by atoms with van der Waals surface area (Å²) in [7, 11) is 3.25. The van der Waals surface area contributed by atoms with E-state index in [9.17, 15) is 14.4 Å². The van der Waals surface area contributed by atoms with Crippen LogP contribution in [0.3, 0.4) is 0 Å². The number of piperidine rings is 1. The van der Waals surface area contributed by atoms with Crippen molar-refractivity contribution in [2.24, 2.45) is 5.92 Å². The monoisotopic (exact) mass is 415 g/mol.